The largest absolute Gasteiger partial charge is 0.497 e. The number of para-hydroxylation sites is 1. The van der Waals surface area contributed by atoms with Crippen molar-refractivity contribution in [2.24, 2.45) is 0 Å². The van der Waals surface area contributed by atoms with Crippen LogP contribution in [-0.2, 0) is 21.4 Å². The molecule has 0 saturated heterocycles. The number of ether oxygens (including phenoxy) is 2. The fourth-order valence-electron chi connectivity index (χ4n) is 2.96. The molecule has 0 bridgehead atoms. The lowest BCUT2D eigenvalue weighted by atomic mass is 10.1. The van der Waals surface area contributed by atoms with Crippen molar-refractivity contribution in [2.45, 2.75) is 25.9 Å². The Kier molecular flexibility index (Phi) is 7.28. The number of carbonyl (C=O) groups is 1. The Morgan fingerprint density at radius 3 is 2.43 bits per heavy atom. The van der Waals surface area contributed by atoms with Crippen LogP contribution in [0.2, 0.25) is 0 Å². The molecule has 0 spiro atoms. The van der Waals surface area contributed by atoms with E-state index in [0.717, 1.165) is 16.1 Å². The number of amides is 1. The standard InChI is InChI=1S/C20H26N2O5S/c1-5-18(20(23)21-14-15-9-6-7-12-19(15)27-3)22(28(4,24)25)16-10-8-11-17(13-16)26-2/h6-13,18H,5,14H2,1-4H3,(H,21,23)/t18-/m0/s1. The Hall–Kier alpha value is -2.74. The number of anilines is 1. The van der Waals surface area contributed by atoms with Gasteiger partial charge in [-0.2, -0.15) is 0 Å². The van der Waals surface area contributed by atoms with Crippen molar-refractivity contribution in [3.8, 4) is 11.5 Å². The van der Waals surface area contributed by atoms with Crippen LogP contribution in [0.25, 0.3) is 0 Å². The molecule has 2 aromatic carbocycles. The molecule has 1 atom stereocenters. The van der Waals surface area contributed by atoms with Crippen molar-refractivity contribution in [2.75, 3.05) is 24.8 Å². The topological polar surface area (TPSA) is 84.9 Å². The van der Waals surface area contributed by atoms with Gasteiger partial charge in [0.2, 0.25) is 15.9 Å². The Balaban J connectivity index is 2.28. The number of carbonyl (C=O) groups excluding carboxylic acids is 1. The van der Waals surface area contributed by atoms with Crippen LogP contribution in [0.3, 0.4) is 0 Å². The molecular weight excluding hydrogens is 380 g/mol. The molecule has 28 heavy (non-hydrogen) atoms. The molecule has 152 valence electrons. The summed E-state index contributed by atoms with van der Waals surface area (Å²) in [7, 11) is -0.642. The number of rotatable bonds is 9. The minimum atomic E-state index is -3.70. The summed E-state index contributed by atoms with van der Waals surface area (Å²) in [6, 6.07) is 13.1. The van der Waals surface area contributed by atoms with Gasteiger partial charge in [-0.1, -0.05) is 31.2 Å². The maximum atomic E-state index is 12.9. The van der Waals surface area contributed by atoms with Gasteiger partial charge in [-0.3, -0.25) is 9.10 Å². The molecule has 0 saturated carbocycles. The van der Waals surface area contributed by atoms with Crippen molar-refractivity contribution in [3.63, 3.8) is 0 Å². The lowest BCUT2D eigenvalue weighted by Gasteiger charge is -2.30. The fourth-order valence-corrected chi connectivity index (χ4v) is 4.16. The van der Waals surface area contributed by atoms with E-state index in [1.54, 1.807) is 44.4 Å². The first-order valence-electron chi connectivity index (χ1n) is 8.84. The molecule has 7 nitrogen and oxygen atoms in total. The summed E-state index contributed by atoms with van der Waals surface area (Å²) < 4.78 is 36.6. The van der Waals surface area contributed by atoms with E-state index in [-0.39, 0.29) is 12.5 Å². The van der Waals surface area contributed by atoms with E-state index in [0.29, 0.717) is 23.6 Å². The molecule has 0 aliphatic carbocycles. The first-order chi connectivity index (χ1) is 13.3. The van der Waals surface area contributed by atoms with E-state index in [9.17, 15) is 13.2 Å². The molecule has 0 radical (unpaired) electrons. The van der Waals surface area contributed by atoms with Crippen LogP contribution >= 0.6 is 0 Å². The average Bonchev–Trinajstić information content (AvgIpc) is 2.69. The van der Waals surface area contributed by atoms with E-state index < -0.39 is 16.1 Å². The van der Waals surface area contributed by atoms with E-state index in [2.05, 4.69) is 5.32 Å². The van der Waals surface area contributed by atoms with E-state index in [1.165, 1.54) is 7.11 Å². The van der Waals surface area contributed by atoms with Crippen LogP contribution < -0.4 is 19.1 Å². The maximum absolute atomic E-state index is 12.9. The lowest BCUT2D eigenvalue weighted by molar-refractivity contribution is -0.122. The van der Waals surface area contributed by atoms with Crippen molar-refractivity contribution < 1.29 is 22.7 Å². The van der Waals surface area contributed by atoms with E-state index in [4.69, 9.17) is 9.47 Å². The van der Waals surface area contributed by atoms with Gasteiger partial charge in [0.15, 0.2) is 0 Å². The van der Waals surface area contributed by atoms with Crippen LogP contribution in [0, 0.1) is 0 Å². The molecular formula is C20H26N2O5S. The Labute approximate surface area is 166 Å². The third-order valence-electron chi connectivity index (χ3n) is 4.28. The highest BCUT2D eigenvalue weighted by atomic mass is 32.2. The number of nitrogens with zero attached hydrogens (tertiary/aromatic N) is 1. The van der Waals surface area contributed by atoms with Gasteiger partial charge in [-0.15, -0.1) is 0 Å². The van der Waals surface area contributed by atoms with Gasteiger partial charge >= 0.3 is 0 Å². The van der Waals surface area contributed by atoms with Gasteiger partial charge in [-0.05, 0) is 24.6 Å². The summed E-state index contributed by atoms with van der Waals surface area (Å²) >= 11 is 0. The van der Waals surface area contributed by atoms with Gasteiger partial charge < -0.3 is 14.8 Å². The van der Waals surface area contributed by atoms with Gasteiger partial charge in [-0.25, -0.2) is 8.42 Å². The summed E-state index contributed by atoms with van der Waals surface area (Å²) in [5.74, 6) is 0.778. The van der Waals surface area contributed by atoms with Gasteiger partial charge in [0.25, 0.3) is 0 Å². The number of methoxy groups -OCH3 is 2. The summed E-state index contributed by atoms with van der Waals surface area (Å²) in [4.78, 5) is 12.9. The minimum Gasteiger partial charge on any atom is -0.497 e. The summed E-state index contributed by atoms with van der Waals surface area (Å²) in [6.45, 7) is 2.00. The van der Waals surface area contributed by atoms with Crippen molar-refractivity contribution in [1.82, 2.24) is 5.32 Å². The number of hydrogen-bond acceptors (Lipinski definition) is 5. The third-order valence-corrected chi connectivity index (χ3v) is 5.46. The zero-order chi connectivity index (χ0) is 20.7. The SMILES string of the molecule is CC[C@@H](C(=O)NCc1ccccc1OC)N(c1cccc(OC)c1)S(C)(=O)=O. The predicted octanol–water partition coefficient (Wildman–Crippen LogP) is 2.56. The quantitative estimate of drug-likeness (QED) is 0.692. The minimum absolute atomic E-state index is 0.231. The molecule has 2 aromatic rings. The summed E-state index contributed by atoms with van der Waals surface area (Å²) in [6.07, 6.45) is 1.39. The molecule has 1 amide bonds. The maximum Gasteiger partial charge on any atom is 0.244 e. The van der Waals surface area contributed by atoms with Crippen LogP contribution in [0.4, 0.5) is 5.69 Å². The number of hydrogen-bond donors (Lipinski definition) is 1. The van der Waals surface area contributed by atoms with E-state index >= 15 is 0 Å². The van der Waals surface area contributed by atoms with Crippen molar-refractivity contribution in [3.05, 3.63) is 54.1 Å². The second-order valence-corrected chi connectivity index (χ2v) is 8.07. The number of sulfonamides is 1. The predicted molar refractivity (Wildman–Crippen MR) is 109 cm³/mol. The zero-order valence-electron chi connectivity index (χ0n) is 16.5. The highest BCUT2D eigenvalue weighted by Gasteiger charge is 2.31. The molecule has 0 aliphatic rings. The Morgan fingerprint density at radius 1 is 1.11 bits per heavy atom. The van der Waals surface area contributed by atoms with Gasteiger partial charge in [0.1, 0.15) is 17.5 Å². The molecule has 8 heteroatoms. The highest BCUT2D eigenvalue weighted by molar-refractivity contribution is 7.92. The number of nitrogens with one attached hydrogen (secondary N) is 1. The zero-order valence-corrected chi connectivity index (χ0v) is 17.3. The smallest absolute Gasteiger partial charge is 0.244 e. The van der Waals surface area contributed by atoms with E-state index in [1.807, 2.05) is 18.2 Å². The van der Waals surface area contributed by atoms with Crippen LogP contribution in [0.1, 0.15) is 18.9 Å². The first-order valence-corrected chi connectivity index (χ1v) is 10.7. The Bertz CT molecular complexity index is 914. The van der Waals surface area contributed by atoms with Crippen LogP contribution in [0.15, 0.2) is 48.5 Å². The van der Waals surface area contributed by atoms with Crippen molar-refractivity contribution in [1.29, 1.82) is 0 Å². The average molecular weight is 407 g/mol. The van der Waals surface area contributed by atoms with Crippen molar-refractivity contribution >= 4 is 21.6 Å². The molecule has 0 unspecified atom stereocenters. The highest BCUT2D eigenvalue weighted by Crippen LogP contribution is 2.26. The third kappa shape index (κ3) is 5.16. The molecule has 0 aromatic heterocycles. The molecule has 0 fully saturated rings. The molecule has 0 heterocycles. The van der Waals surface area contributed by atoms with Crippen LogP contribution in [0.5, 0.6) is 11.5 Å². The Morgan fingerprint density at radius 2 is 1.82 bits per heavy atom. The molecule has 0 aliphatic heterocycles. The second-order valence-electron chi connectivity index (χ2n) is 6.21. The van der Waals surface area contributed by atoms with Gasteiger partial charge in [0, 0.05) is 18.2 Å². The molecule has 2 rings (SSSR count). The molecule has 1 N–H and O–H groups in total. The summed E-state index contributed by atoms with van der Waals surface area (Å²) in [5.41, 5.74) is 1.18. The first kappa shape index (κ1) is 21.6. The normalized spacial score (nSPS) is 12.1. The lowest BCUT2D eigenvalue weighted by Crippen LogP contribution is -2.49. The van der Waals surface area contributed by atoms with Crippen LogP contribution in [-0.4, -0.2) is 40.8 Å². The monoisotopic (exact) mass is 406 g/mol. The fraction of sp³-hybridized carbons (Fsp3) is 0.350. The van der Waals surface area contributed by atoms with Gasteiger partial charge in [0.05, 0.1) is 26.2 Å². The number of benzene rings is 2. The second kappa shape index (κ2) is 9.45. The summed E-state index contributed by atoms with van der Waals surface area (Å²) in [5, 5.41) is 2.82.